The molecule has 52 heavy (non-hydrogen) atoms. The van der Waals surface area contributed by atoms with Gasteiger partial charge in [-0.15, -0.1) is 0 Å². The minimum atomic E-state index is 0.641. The Morgan fingerprint density at radius 2 is 0.577 bits per heavy atom. The van der Waals surface area contributed by atoms with E-state index in [1.54, 1.807) is 0 Å². The van der Waals surface area contributed by atoms with E-state index < -0.39 is 0 Å². The van der Waals surface area contributed by atoms with Crippen LogP contribution < -0.4 is 0 Å². The quantitative estimate of drug-likeness (QED) is 0.170. The lowest BCUT2D eigenvalue weighted by molar-refractivity contribution is 1.07. The zero-order valence-corrected chi connectivity index (χ0v) is 28.3. The summed E-state index contributed by atoms with van der Waals surface area (Å²) in [5.74, 6) is 1.94. The van der Waals surface area contributed by atoms with Crippen LogP contribution >= 0.6 is 0 Å². The van der Waals surface area contributed by atoms with Crippen molar-refractivity contribution in [1.29, 1.82) is 0 Å². The molecule has 0 unspecified atom stereocenters. The largest absolute Gasteiger partial charge is 0.248 e. The van der Waals surface area contributed by atoms with E-state index in [0.717, 1.165) is 61.3 Å². The minimum absolute atomic E-state index is 0.641. The maximum Gasteiger partial charge on any atom is 0.164 e. The van der Waals surface area contributed by atoms with Crippen LogP contribution in [0.2, 0.25) is 0 Å². The fourth-order valence-electron chi connectivity index (χ4n) is 6.57. The highest BCUT2D eigenvalue weighted by atomic mass is 15.0. The number of benzene rings is 7. The minimum Gasteiger partial charge on any atom is -0.248 e. The Morgan fingerprint density at radius 1 is 0.212 bits per heavy atom. The van der Waals surface area contributed by atoms with Crippen molar-refractivity contribution in [3.8, 4) is 78.9 Å². The third-order valence-electron chi connectivity index (χ3n) is 9.31. The molecule has 7 aromatic carbocycles. The van der Waals surface area contributed by atoms with E-state index >= 15 is 0 Å². The number of rotatable bonds is 7. The van der Waals surface area contributed by atoms with Gasteiger partial charge in [0.05, 0.1) is 11.4 Å². The molecule has 0 fully saturated rings. The third-order valence-corrected chi connectivity index (χ3v) is 9.31. The molecular formula is C48H32N4. The molecule has 0 saturated heterocycles. The van der Waals surface area contributed by atoms with Crippen LogP contribution in [0.1, 0.15) is 0 Å². The van der Waals surface area contributed by atoms with Crippen molar-refractivity contribution in [2.45, 2.75) is 0 Å². The van der Waals surface area contributed by atoms with Crippen LogP contribution in [0.15, 0.2) is 194 Å². The summed E-state index contributed by atoms with van der Waals surface area (Å²) in [5, 5.41) is 2.34. The van der Waals surface area contributed by atoms with Gasteiger partial charge < -0.3 is 0 Å². The summed E-state index contributed by atoms with van der Waals surface area (Å²) < 4.78 is 0. The average molecular weight is 665 g/mol. The summed E-state index contributed by atoms with van der Waals surface area (Å²) in [5.41, 5.74) is 11.5. The van der Waals surface area contributed by atoms with Crippen LogP contribution in [0, 0.1) is 0 Å². The normalized spacial score (nSPS) is 11.1. The second-order valence-corrected chi connectivity index (χ2v) is 12.8. The lowest BCUT2D eigenvalue weighted by atomic mass is 9.97. The summed E-state index contributed by atoms with van der Waals surface area (Å²) in [6.45, 7) is 0. The van der Waals surface area contributed by atoms with E-state index in [0.29, 0.717) is 17.5 Å². The first-order valence-electron chi connectivity index (χ1n) is 17.4. The molecule has 0 spiro atoms. The molecular weight excluding hydrogens is 633 g/mol. The predicted molar refractivity (Wildman–Crippen MR) is 213 cm³/mol. The Hall–Kier alpha value is -7.04. The van der Waals surface area contributed by atoms with E-state index in [2.05, 4.69) is 127 Å². The van der Waals surface area contributed by atoms with Gasteiger partial charge >= 0.3 is 0 Å². The molecule has 244 valence electrons. The molecule has 0 aliphatic heterocycles. The Balaban J connectivity index is 1.07. The van der Waals surface area contributed by atoms with Gasteiger partial charge in [-0.2, -0.15) is 0 Å². The summed E-state index contributed by atoms with van der Waals surface area (Å²) >= 11 is 0. The van der Waals surface area contributed by atoms with Crippen LogP contribution in [0.25, 0.3) is 89.7 Å². The molecule has 0 atom stereocenters. The smallest absolute Gasteiger partial charge is 0.164 e. The molecule has 4 nitrogen and oxygen atoms in total. The zero-order chi connectivity index (χ0) is 34.7. The number of hydrogen-bond acceptors (Lipinski definition) is 4. The topological polar surface area (TPSA) is 51.6 Å². The molecule has 0 aliphatic rings. The second-order valence-electron chi connectivity index (χ2n) is 12.8. The standard InChI is InChI=1S/C48H32N4/c1-5-13-33(14-6-1)43-31-44(36-15-7-2-8-16-36)49-45(32-43)41-28-24-35-23-27-40(29-42(35)30-41)34-21-25-39(26-22-34)48-51-46(37-17-9-3-10-18-37)50-47(52-48)38-19-11-4-12-20-38/h1-32H. The van der Waals surface area contributed by atoms with Gasteiger partial charge in [0.25, 0.3) is 0 Å². The van der Waals surface area contributed by atoms with Crippen LogP contribution in [0.3, 0.4) is 0 Å². The highest BCUT2D eigenvalue weighted by molar-refractivity contribution is 5.91. The van der Waals surface area contributed by atoms with E-state index in [9.17, 15) is 0 Å². The lowest BCUT2D eigenvalue weighted by Gasteiger charge is -2.12. The lowest BCUT2D eigenvalue weighted by Crippen LogP contribution is -2.00. The molecule has 0 N–H and O–H groups in total. The molecule has 0 amide bonds. The van der Waals surface area contributed by atoms with Gasteiger partial charge in [-0.25, -0.2) is 19.9 Å². The second kappa shape index (κ2) is 13.7. The summed E-state index contributed by atoms with van der Waals surface area (Å²) in [6.07, 6.45) is 0. The van der Waals surface area contributed by atoms with Gasteiger partial charge in [-0.05, 0) is 57.3 Å². The molecule has 0 radical (unpaired) electrons. The Bertz CT molecular complexity index is 2530. The van der Waals surface area contributed by atoms with Crippen LogP contribution in [0.4, 0.5) is 0 Å². The van der Waals surface area contributed by atoms with Crippen molar-refractivity contribution in [3.63, 3.8) is 0 Å². The summed E-state index contributed by atoms with van der Waals surface area (Å²) in [6, 6.07) is 67.1. The van der Waals surface area contributed by atoms with Crippen molar-refractivity contribution >= 4 is 10.8 Å². The third kappa shape index (κ3) is 6.37. The Labute approximate surface area is 302 Å². The molecule has 0 saturated carbocycles. The van der Waals surface area contributed by atoms with E-state index in [-0.39, 0.29) is 0 Å². The van der Waals surface area contributed by atoms with E-state index in [1.165, 1.54) is 10.9 Å². The molecule has 9 aromatic rings. The van der Waals surface area contributed by atoms with Gasteiger partial charge in [0.2, 0.25) is 0 Å². The molecule has 2 heterocycles. The maximum atomic E-state index is 5.16. The molecule has 2 aromatic heterocycles. The fourth-order valence-corrected chi connectivity index (χ4v) is 6.57. The predicted octanol–water partition coefficient (Wildman–Crippen LogP) is 12.1. The first kappa shape index (κ1) is 31.0. The van der Waals surface area contributed by atoms with Crippen molar-refractivity contribution < 1.29 is 0 Å². The van der Waals surface area contributed by atoms with Crippen molar-refractivity contribution in [1.82, 2.24) is 19.9 Å². The Kier molecular flexibility index (Phi) is 8.16. The van der Waals surface area contributed by atoms with Crippen LogP contribution in [0.5, 0.6) is 0 Å². The van der Waals surface area contributed by atoms with Gasteiger partial charge in [0.15, 0.2) is 17.5 Å². The van der Waals surface area contributed by atoms with E-state index in [1.807, 2.05) is 66.7 Å². The molecule has 0 bridgehead atoms. The summed E-state index contributed by atoms with van der Waals surface area (Å²) in [7, 11) is 0. The van der Waals surface area contributed by atoms with Crippen LogP contribution in [-0.2, 0) is 0 Å². The van der Waals surface area contributed by atoms with Crippen LogP contribution in [-0.4, -0.2) is 19.9 Å². The Morgan fingerprint density at radius 3 is 1.12 bits per heavy atom. The maximum absolute atomic E-state index is 5.16. The summed E-state index contributed by atoms with van der Waals surface area (Å²) in [4.78, 5) is 19.8. The fraction of sp³-hybridized carbons (Fsp3) is 0. The number of aromatic nitrogens is 4. The van der Waals surface area contributed by atoms with Gasteiger partial charge in [-0.1, -0.05) is 170 Å². The number of nitrogens with zero attached hydrogens (tertiary/aromatic N) is 4. The zero-order valence-electron chi connectivity index (χ0n) is 28.3. The number of fused-ring (bicyclic) bond motifs is 1. The van der Waals surface area contributed by atoms with E-state index in [4.69, 9.17) is 19.9 Å². The molecule has 4 heteroatoms. The van der Waals surface area contributed by atoms with Crippen molar-refractivity contribution in [2.75, 3.05) is 0 Å². The first-order valence-corrected chi connectivity index (χ1v) is 17.4. The van der Waals surface area contributed by atoms with Gasteiger partial charge in [-0.3, -0.25) is 0 Å². The highest BCUT2D eigenvalue weighted by Crippen LogP contribution is 2.33. The number of hydrogen-bond donors (Lipinski definition) is 0. The van der Waals surface area contributed by atoms with Crippen molar-refractivity contribution in [3.05, 3.63) is 194 Å². The first-order chi connectivity index (χ1) is 25.7. The van der Waals surface area contributed by atoms with Gasteiger partial charge in [0.1, 0.15) is 0 Å². The number of pyridine rings is 1. The van der Waals surface area contributed by atoms with Gasteiger partial charge in [0, 0.05) is 27.8 Å². The SMILES string of the molecule is c1ccc(-c2cc(-c3ccccc3)nc(-c3ccc4ccc(-c5ccc(-c6nc(-c7ccccc7)nc(-c7ccccc7)n6)cc5)cc4c3)c2)cc1. The van der Waals surface area contributed by atoms with Crippen molar-refractivity contribution in [2.24, 2.45) is 0 Å². The molecule has 9 rings (SSSR count). The molecule has 0 aliphatic carbocycles. The average Bonchev–Trinajstić information content (AvgIpc) is 3.24. The highest BCUT2D eigenvalue weighted by Gasteiger charge is 2.13. The monoisotopic (exact) mass is 664 g/mol.